The van der Waals surface area contributed by atoms with Gasteiger partial charge in [0.05, 0.1) is 24.7 Å². The number of aromatic nitrogens is 2. The van der Waals surface area contributed by atoms with Crippen molar-refractivity contribution in [1.29, 1.82) is 0 Å². The van der Waals surface area contributed by atoms with E-state index in [-0.39, 0.29) is 40.9 Å². The first-order valence-electron chi connectivity index (χ1n) is 7.94. The summed E-state index contributed by atoms with van der Waals surface area (Å²) in [6.45, 7) is 0. The van der Waals surface area contributed by atoms with Crippen LogP contribution in [0.2, 0.25) is 5.02 Å². The fourth-order valence-electron chi connectivity index (χ4n) is 2.99. The summed E-state index contributed by atoms with van der Waals surface area (Å²) in [5.74, 6) is -0.929. The predicted octanol–water partition coefficient (Wildman–Crippen LogP) is 1.89. The minimum atomic E-state index is -0.511. The van der Waals surface area contributed by atoms with E-state index < -0.39 is 5.82 Å². The molecule has 1 unspecified atom stereocenters. The Labute approximate surface area is 149 Å². The molecule has 0 radical (unpaired) electrons. The Kier molecular flexibility index (Phi) is 5.03. The molecule has 0 saturated carbocycles. The largest absolute Gasteiger partial charge is 0.351 e. The minimum absolute atomic E-state index is 0.0727. The molecule has 2 heterocycles. The number of hydrogen-bond acceptors (Lipinski definition) is 3. The molecule has 0 spiro atoms. The van der Waals surface area contributed by atoms with Crippen LogP contribution in [0.5, 0.6) is 0 Å². The lowest BCUT2D eigenvalue weighted by Gasteiger charge is -2.32. The molecular weight excluding hydrogens is 347 g/mol. The number of aryl methyl sites for hydroxylation is 1. The summed E-state index contributed by atoms with van der Waals surface area (Å²) in [5.41, 5.74) is 0.976. The van der Waals surface area contributed by atoms with E-state index in [1.807, 2.05) is 0 Å². The van der Waals surface area contributed by atoms with Gasteiger partial charge in [-0.25, -0.2) is 4.39 Å². The third-order valence-corrected chi connectivity index (χ3v) is 4.58. The summed E-state index contributed by atoms with van der Waals surface area (Å²) < 4.78 is 15.5. The van der Waals surface area contributed by atoms with E-state index in [1.165, 1.54) is 12.1 Å². The van der Waals surface area contributed by atoms with Gasteiger partial charge in [0.15, 0.2) is 0 Å². The molecular formula is C17H18ClFN4O2. The maximum atomic E-state index is 13.9. The first-order chi connectivity index (χ1) is 11.9. The van der Waals surface area contributed by atoms with Crippen LogP contribution in [-0.4, -0.2) is 27.6 Å². The molecule has 3 rings (SSSR count). The topological polar surface area (TPSA) is 76.0 Å². The van der Waals surface area contributed by atoms with E-state index in [4.69, 9.17) is 11.6 Å². The lowest BCUT2D eigenvalue weighted by atomic mass is 9.93. The zero-order valence-corrected chi connectivity index (χ0v) is 14.4. The zero-order valence-electron chi connectivity index (χ0n) is 13.6. The molecule has 2 atom stereocenters. The molecule has 1 fully saturated rings. The monoisotopic (exact) mass is 364 g/mol. The van der Waals surface area contributed by atoms with Crippen LogP contribution in [-0.2, 0) is 23.1 Å². The highest BCUT2D eigenvalue weighted by Crippen LogP contribution is 2.24. The smallest absolute Gasteiger partial charge is 0.224 e. The summed E-state index contributed by atoms with van der Waals surface area (Å²) in [5, 5.41) is 10.1. The maximum Gasteiger partial charge on any atom is 0.224 e. The number of hydrogen-bond donors (Lipinski definition) is 2. The molecule has 2 amide bonds. The van der Waals surface area contributed by atoms with Crippen LogP contribution in [0.4, 0.5) is 4.39 Å². The quantitative estimate of drug-likeness (QED) is 0.869. The number of nitrogens with zero attached hydrogens (tertiary/aromatic N) is 2. The number of halogens is 2. The molecule has 1 aromatic carbocycles. The Morgan fingerprint density at radius 1 is 1.52 bits per heavy atom. The lowest BCUT2D eigenvalue weighted by molar-refractivity contribution is -0.126. The van der Waals surface area contributed by atoms with Crippen molar-refractivity contribution < 1.29 is 14.0 Å². The van der Waals surface area contributed by atoms with Crippen molar-refractivity contribution in [3.63, 3.8) is 0 Å². The lowest BCUT2D eigenvalue weighted by Crippen LogP contribution is -2.50. The zero-order chi connectivity index (χ0) is 18.0. The second-order valence-electron chi connectivity index (χ2n) is 6.08. The molecule has 1 aliphatic rings. The van der Waals surface area contributed by atoms with E-state index in [2.05, 4.69) is 15.7 Å². The maximum absolute atomic E-state index is 13.9. The van der Waals surface area contributed by atoms with Crippen LogP contribution in [0.3, 0.4) is 0 Å². The number of rotatable bonds is 4. The molecule has 25 heavy (non-hydrogen) atoms. The average molecular weight is 365 g/mol. The van der Waals surface area contributed by atoms with Crippen LogP contribution in [0, 0.1) is 5.82 Å². The average Bonchev–Trinajstić information content (AvgIpc) is 2.99. The van der Waals surface area contributed by atoms with Gasteiger partial charge < -0.3 is 10.6 Å². The molecule has 0 bridgehead atoms. The number of carbonyl (C=O) groups excluding carboxylic acids is 2. The van der Waals surface area contributed by atoms with Gasteiger partial charge in [0.1, 0.15) is 5.82 Å². The molecule has 6 nitrogen and oxygen atoms in total. The van der Waals surface area contributed by atoms with Gasteiger partial charge in [-0.05, 0) is 18.6 Å². The molecule has 132 valence electrons. The van der Waals surface area contributed by atoms with Gasteiger partial charge in [-0.3, -0.25) is 14.3 Å². The Morgan fingerprint density at radius 2 is 2.32 bits per heavy atom. The fourth-order valence-corrected chi connectivity index (χ4v) is 3.22. The van der Waals surface area contributed by atoms with Gasteiger partial charge >= 0.3 is 0 Å². The van der Waals surface area contributed by atoms with Crippen LogP contribution < -0.4 is 10.6 Å². The number of nitrogens with one attached hydrogen (secondary N) is 2. The summed E-state index contributed by atoms with van der Waals surface area (Å²) >= 11 is 5.97. The van der Waals surface area contributed by atoms with Crippen LogP contribution in [0.1, 0.15) is 30.0 Å². The Bertz CT molecular complexity index is 787. The van der Waals surface area contributed by atoms with E-state index in [1.54, 1.807) is 30.2 Å². The van der Waals surface area contributed by atoms with Gasteiger partial charge in [0.25, 0.3) is 0 Å². The molecule has 0 aliphatic carbocycles. The fraction of sp³-hybridized carbons (Fsp3) is 0.353. The predicted molar refractivity (Wildman–Crippen MR) is 90.4 cm³/mol. The summed E-state index contributed by atoms with van der Waals surface area (Å²) in [6, 6.07) is 3.66. The van der Waals surface area contributed by atoms with Crippen molar-refractivity contribution in [3.05, 3.63) is 52.6 Å². The van der Waals surface area contributed by atoms with Crippen LogP contribution in [0.25, 0.3) is 0 Å². The highest BCUT2D eigenvalue weighted by atomic mass is 35.5. The third-order valence-electron chi connectivity index (χ3n) is 4.23. The molecule has 2 N–H and O–H groups in total. The molecule has 1 aliphatic heterocycles. The van der Waals surface area contributed by atoms with Gasteiger partial charge in [0.2, 0.25) is 11.8 Å². The van der Waals surface area contributed by atoms with Crippen molar-refractivity contribution in [2.75, 3.05) is 0 Å². The van der Waals surface area contributed by atoms with Gasteiger partial charge in [-0.2, -0.15) is 5.10 Å². The first-order valence-corrected chi connectivity index (χ1v) is 8.32. The Hall–Kier alpha value is -2.41. The van der Waals surface area contributed by atoms with E-state index in [0.29, 0.717) is 12.8 Å². The highest BCUT2D eigenvalue weighted by Gasteiger charge is 2.32. The number of benzene rings is 1. The van der Waals surface area contributed by atoms with Crippen molar-refractivity contribution in [3.8, 4) is 0 Å². The molecule has 8 heteroatoms. The number of amides is 2. The van der Waals surface area contributed by atoms with E-state index in [0.717, 1.165) is 5.56 Å². The van der Waals surface area contributed by atoms with Crippen LogP contribution in [0.15, 0.2) is 30.6 Å². The SMILES string of the molecule is Cn1cc(C2NC(=O)CC[C@@H]2NC(=O)Cc2c(F)cccc2Cl)cn1. The third kappa shape index (κ3) is 3.99. The Morgan fingerprint density at radius 3 is 3.00 bits per heavy atom. The summed E-state index contributed by atoms with van der Waals surface area (Å²) in [6.07, 6.45) is 4.12. The van der Waals surface area contributed by atoms with Crippen molar-refractivity contribution >= 4 is 23.4 Å². The van der Waals surface area contributed by atoms with Gasteiger partial charge in [-0.15, -0.1) is 0 Å². The first kappa shape index (κ1) is 17.4. The minimum Gasteiger partial charge on any atom is -0.351 e. The molecule has 1 aromatic heterocycles. The number of carbonyl (C=O) groups is 2. The standard InChI is InChI=1S/C17H18ClFN4O2/c1-23-9-10(8-20-23)17-14(5-6-15(24)22-17)21-16(25)7-11-12(18)3-2-4-13(11)19/h2-4,8-9,14,17H,5-7H2,1H3,(H,21,25)(H,22,24)/t14-,17?/m0/s1. The summed E-state index contributed by atoms with van der Waals surface area (Å²) in [4.78, 5) is 24.1. The van der Waals surface area contributed by atoms with Gasteiger partial charge in [-0.1, -0.05) is 17.7 Å². The normalized spacial score (nSPS) is 20.2. The van der Waals surface area contributed by atoms with Crippen molar-refractivity contribution in [1.82, 2.24) is 20.4 Å². The molecule has 1 saturated heterocycles. The summed E-state index contributed by atoms with van der Waals surface area (Å²) in [7, 11) is 1.78. The van der Waals surface area contributed by atoms with E-state index in [9.17, 15) is 14.0 Å². The van der Waals surface area contributed by atoms with Gasteiger partial charge in [0, 0.05) is 35.8 Å². The van der Waals surface area contributed by atoms with Crippen molar-refractivity contribution in [2.24, 2.45) is 7.05 Å². The highest BCUT2D eigenvalue weighted by molar-refractivity contribution is 6.31. The second kappa shape index (κ2) is 7.23. The number of piperidine rings is 1. The van der Waals surface area contributed by atoms with Crippen molar-refractivity contribution in [2.45, 2.75) is 31.3 Å². The molecule has 2 aromatic rings. The van der Waals surface area contributed by atoms with Crippen LogP contribution >= 0.6 is 11.6 Å². The second-order valence-corrected chi connectivity index (χ2v) is 6.49. The Balaban J connectivity index is 1.73. The van der Waals surface area contributed by atoms with E-state index >= 15 is 0 Å².